The second kappa shape index (κ2) is 7.07. The second-order valence-corrected chi connectivity index (χ2v) is 3.30. The predicted molar refractivity (Wildman–Crippen MR) is 58.9 cm³/mol. The van der Waals surface area contributed by atoms with Gasteiger partial charge in [0.1, 0.15) is 6.26 Å². The molecule has 1 aromatic heterocycles. The maximum atomic E-state index is 11.4. The van der Waals surface area contributed by atoms with Crippen LogP contribution >= 0.6 is 0 Å². The molecular weight excluding hydrogens is 242 g/mol. The van der Waals surface area contributed by atoms with Gasteiger partial charge in [0.05, 0.1) is 11.8 Å². The van der Waals surface area contributed by atoms with E-state index in [-0.39, 0.29) is 18.9 Å². The van der Waals surface area contributed by atoms with Crippen LogP contribution in [0, 0.1) is 0 Å². The van der Waals surface area contributed by atoms with Crippen molar-refractivity contribution in [1.82, 2.24) is 10.8 Å². The summed E-state index contributed by atoms with van der Waals surface area (Å²) in [6.07, 6.45) is 2.69. The zero-order chi connectivity index (χ0) is 13.4. The average molecular weight is 255 g/mol. The molecule has 0 saturated heterocycles. The van der Waals surface area contributed by atoms with Crippen LogP contribution in [-0.2, 0) is 14.4 Å². The van der Waals surface area contributed by atoms with E-state index in [0.29, 0.717) is 5.56 Å². The first-order valence-electron chi connectivity index (χ1n) is 5.09. The van der Waals surface area contributed by atoms with Gasteiger partial charge in [-0.1, -0.05) is 0 Å². The van der Waals surface area contributed by atoms with Gasteiger partial charge in [-0.05, 0) is 6.07 Å². The number of carbonyl (C=O) groups is 3. The highest BCUT2D eigenvalue weighted by Gasteiger charge is 2.07. The van der Waals surface area contributed by atoms with Gasteiger partial charge in [-0.25, -0.2) is 5.48 Å². The lowest BCUT2D eigenvalue weighted by molar-refractivity contribution is -0.137. The summed E-state index contributed by atoms with van der Waals surface area (Å²) in [5.74, 6) is -1.50. The number of carbonyl (C=O) groups excluding carboxylic acids is 3. The molecule has 0 aliphatic carbocycles. The lowest BCUT2D eigenvalue weighted by Gasteiger charge is -2.05. The molecule has 3 amide bonds. The number of amides is 3. The monoisotopic (exact) mass is 255 g/mol. The molecule has 98 valence electrons. The van der Waals surface area contributed by atoms with E-state index >= 15 is 0 Å². The number of hydrogen-bond donors (Lipinski definition) is 3. The molecule has 8 nitrogen and oxygen atoms in total. The van der Waals surface area contributed by atoms with Crippen LogP contribution in [0.15, 0.2) is 23.0 Å². The third-order valence-corrected chi connectivity index (χ3v) is 1.82. The SMILES string of the molecule is NC(=O)CONC(=O)CCNC(=O)c1ccoc1. The predicted octanol–water partition coefficient (Wildman–Crippen LogP) is -1.07. The number of rotatable bonds is 7. The normalized spacial score (nSPS) is 9.78. The van der Waals surface area contributed by atoms with Crippen LogP contribution in [0.1, 0.15) is 16.8 Å². The van der Waals surface area contributed by atoms with Crippen molar-refractivity contribution in [2.45, 2.75) is 6.42 Å². The van der Waals surface area contributed by atoms with Crippen molar-refractivity contribution in [1.29, 1.82) is 0 Å². The molecule has 0 atom stereocenters. The number of hydroxylamine groups is 1. The molecule has 0 fully saturated rings. The first-order valence-corrected chi connectivity index (χ1v) is 5.09. The summed E-state index contributed by atoms with van der Waals surface area (Å²) in [6.45, 7) is -0.261. The third kappa shape index (κ3) is 5.12. The Morgan fingerprint density at radius 2 is 2.17 bits per heavy atom. The highest BCUT2D eigenvalue weighted by molar-refractivity contribution is 5.93. The van der Waals surface area contributed by atoms with Crippen molar-refractivity contribution in [3.8, 4) is 0 Å². The zero-order valence-electron chi connectivity index (χ0n) is 9.47. The highest BCUT2D eigenvalue weighted by atomic mass is 16.7. The fourth-order valence-electron chi connectivity index (χ4n) is 1.02. The maximum absolute atomic E-state index is 11.4. The molecule has 4 N–H and O–H groups in total. The molecular formula is C10H13N3O5. The Balaban J connectivity index is 2.12. The Hall–Kier alpha value is -2.35. The summed E-state index contributed by atoms with van der Waals surface area (Å²) in [6, 6.07) is 1.51. The van der Waals surface area contributed by atoms with E-state index in [9.17, 15) is 14.4 Å². The zero-order valence-corrected chi connectivity index (χ0v) is 9.47. The number of hydrogen-bond acceptors (Lipinski definition) is 5. The lowest BCUT2D eigenvalue weighted by atomic mass is 10.3. The van der Waals surface area contributed by atoms with E-state index < -0.39 is 18.4 Å². The van der Waals surface area contributed by atoms with Gasteiger partial charge in [0.15, 0.2) is 6.61 Å². The van der Waals surface area contributed by atoms with Crippen LogP contribution in [0.5, 0.6) is 0 Å². The van der Waals surface area contributed by atoms with Gasteiger partial charge in [0, 0.05) is 13.0 Å². The highest BCUT2D eigenvalue weighted by Crippen LogP contribution is 1.98. The van der Waals surface area contributed by atoms with Gasteiger partial charge in [-0.15, -0.1) is 0 Å². The Kier molecular flexibility index (Phi) is 5.39. The van der Waals surface area contributed by atoms with Crippen molar-refractivity contribution >= 4 is 17.7 Å². The first-order chi connectivity index (χ1) is 8.59. The average Bonchev–Trinajstić information content (AvgIpc) is 2.81. The molecule has 1 rings (SSSR count). The van der Waals surface area contributed by atoms with Crippen LogP contribution in [0.4, 0.5) is 0 Å². The topological polar surface area (TPSA) is 124 Å². The summed E-state index contributed by atoms with van der Waals surface area (Å²) in [5.41, 5.74) is 7.18. The lowest BCUT2D eigenvalue weighted by Crippen LogP contribution is -2.32. The van der Waals surface area contributed by atoms with Crippen LogP contribution in [0.2, 0.25) is 0 Å². The minimum absolute atomic E-state index is 0.0162. The maximum Gasteiger partial charge on any atom is 0.254 e. The van der Waals surface area contributed by atoms with Crippen LogP contribution in [-0.4, -0.2) is 30.9 Å². The fraction of sp³-hybridized carbons (Fsp3) is 0.300. The molecule has 18 heavy (non-hydrogen) atoms. The third-order valence-electron chi connectivity index (χ3n) is 1.82. The van der Waals surface area contributed by atoms with E-state index in [4.69, 9.17) is 10.2 Å². The quantitative estimate of drug-likeness (QED) is 0.535. The number of nitrogens with two attached hydrogens (primary N) is 1. The van der Waals surface area contributed by atoms with Crippen LogP contribution in [0.3, 0.4) is 0 Å². The van der Waals surface area contributed by atoms with Gasteiger partial charge in [0.25, 0.3) is 5.91 Å². The van der Waals surface area contributed by atoms with Crippen molar-refractivity contribution in [3.63, 3.8) is 0 Å². The molecule has 0 radical (unpaired) electrons. The summed E-state index contributed by atoms with van der Waals surface area (Å²) in [4.78, 5) is 37.3. The molecule has 0 unspecified atom stereocenters. The van der Waals surface area contributed by atoms with Crippen molar-refractivity contribution < 1.29 is 23.6 Å². The van der Waals surface area contributed by atoms with Gasteiger partial charge in [-0.2, -0.15) is 0 Å². The van der Waals surface area contributed by atoms with E-state index in [1.807, 2.05) is 5.48 Å². The van der Waals surface area contributed by atoms with Crippen LogP contribution < -0.4 is 16.5 Å². The Morgan fingerprint density at radius 1 is 1.39 bits per heavy atom. The van der Waals surface area contributed by atoms with Crippen molar-refractivity contribution in [2.24, 2.45) is 5.73 Å². The summed E-state index contributed by atoms with van der Waals surface area (Å²) < 4.78 is 4.73. The van der Waals surface area contributed by atoms with Crippen molar-refractivity contribution in [2.75, 3.05) is 13.2 Å². The molecule has 1 aromatic rings. The van der Waals surface area contributed by atoms with E-state index in [1.54, 1.807) is 0 Å². The van der Waals surface area contributed by atoms with Gasteiger partial charge < -0.3 is 15.5 Å². The van der Waals surface area contributed by atoms with E-state index in [1.165, 1.54) is 18.6 Å². The number of nitrogens with one attached hydrogen (secondary N) is 2. The van der Waals surface area contributed by atoms with Crippen molar-refractivity contribution in [3.05, 3.63) is 24.2 Å². The number of furan rings is 1. The molecule has 0 saturated carbocycles. The fourth-order valence-corrected chi connectivity index (χ4v) is 1.02. The molecule has 0 aliphatic rings. The molecule has 0 spiro atoms. The molecule has 8 heteroatoms. The minimum Gasteiger partial charge on any atom is -0.472 e. The molecule has 1 heterocycles. The molecule has 0 bridgehead atoms. The largest absolute Gasteiger partial charge is 0.472 e. The van der Waals surface area contributed by atoms with Gasteiger partial charge in [0.2, 0.25) is 11.8 Å². The first kappa shape index (κ1) is 13.7. The van der Waals surface area contributed by atoms with Gasteiger partial charge >= 0.3 is 0 Å². The Labute approximate surface area is 102 Å². The summed E-state index contributed by atoms with van der Waals surface area (Å²) in [5, 5.41) is 2.51. The van der Waals surface area contributed by atoms with Crippen LogP contribution in [0.25, 0.3) is 0 Å². The second-order valence-electron chi connectivity index (χ2n) is 3.30. The van der Waals surface area contributed by atoms with E-state index in [2.05, 4.69) is 10.2 Å². The molecule has 0 aromatic carbocycles. The van der Waals surface area contributed by atoms with E-state index in [0.717, 1.165) is 0 Å². The molecule has 0 aliphatic heterocycles. The standard InChI is InChI=1S/C10H13N3O5/c11-8(14)6-18-13-9(15)1-3-12-10(16)7-2-4-17-5-7/h2,4-5H,1,3,6H2,(H2,11,14)(H,12,16)(H,13,15). The number of primary amides is 1. The summed E-state index contributed by atoms with van der Waals surface area (Å²) in [7, 11) is 0. The van der Waals surface area contributed by atoms with Gasteiger partial charge in [-0.3, -0.25) is 19.2 Å². The minimum atomic E-state index is -0.691. The smallest absolute Gasteiger partial charge is 0.254 e. The summed E-state index contributed by atoms with van der Waals surface area (Å²) >= 11 is 0. The Bertz CT molecular complexity index is 415. The Morgan fingerprint density at radius 3 is 2.78 bits per heavy atom.